The molecule has 0 unspecified atom stereocenters. The third-order valence-corrected chi connectivity index (χ3v) is 5.23. The second-order valence-electron chi connectivity index (χ2n) is 5.69. The van der Waals surface area contributed by atoms with Crippen molar-refractivity contribution < 1.29 is 12.6 Å². The predicted molar refractivity (Wildman–Crippen MR) is 77.8 cm³/mol. The van der Waals surface area contributed by atoms with Gasteiger partial charge in [-0.05, 0) is 34.1 Å². The van der Waals surface area contributed by atoms with Gasteiger partial charge in [0.05, 0.1) is 11.9 Å². The Balaban J connectivity index is 2.15. The first kappa shape index (κ1) is 16.9. The van der Waals surface area contributed by atoms with Gasteiger partial charge in [-0.3, -0.25) is 9.08 Å². The predicted octanol–water partition coefficient (Wildman–Crippen LogP) is 1.16. The van der Waals surface area contributed by atoms with Gasteiger partial charge in [-0.1, -0.05) is 0 Å². The molecule has 1 rings (SSSR count). The Morgan fingerprint density at radius 3 is 2.11 bits per heavy atom. The fraction of sp³-hybridized carbons (Fsp3) is 1.00. The van der Waals surface area contributed by atoms with Gasteiger partial charge >= 0.3 is 0 Å². The van der Waals surface area contributed by atoms with E-state index in [2.05, 4.69) is 23.6 Å². The van der Waals surface area contributed by atoms with Crippen molar-refractivity contribution >= 4 is 10.1 Å². The second-order valence-corrected chi connectivity index (χ2v) is 7.85. The molecule has 1 aliphatic rings. The van der Waals surface area contributed by atoms with Crippen LogP contribution in [0.2, 0.25) is 0 Å². The Hall–Kier alpha value is -0.170. The van der Waals surface area contributed by atoms with Crippen LogP contribution in [0, 0.1) is 0 Å². The van der Waals surface area contributed by atoms with Crippen molar-refractivity contribution in [3.63, 3.8) is 0 Å². The average molecular weight is 292 g/mol. The fourth-order valence-corrected chi connectivity index (χ4v) is 2.72. The SMILES string of the molecule is CC(C)N1CCN(CCCOS(=O)(=O)C(C)C)CC1. The van der Waals surface area contributed by atoms with Crippen molar-refractivity contribution in [2.45, 2.75) is 45.4 Å². The minimum absolute atomic E-state index is 0.297. The standard InChI is InChI=1S/C13H28N2O3S/c1-12(2)15-9-7-14(8-10-15)6-5-11-18-19(16,17)13(3)4/h12-13H,5-11H2,1-4H3. The topological polar surface area (TPSA) is 49.9 Å². The molecule has 0 saturated carbocycles. The van der Waals surface area contributed by atoms with Crippen LogP contribution in [0.4, 0.5) is 0 Å². The Labute approximate surface area is 118 Å². The first-order valence-corrected chi connectivity index (χ1v) is 8.64. The van der Waals surface area contributed by atoms with Gasteiger partial charge in [0, 0.05) is 38.8 Å². The van der Waals surface area contributed by atoms with Crippen LogP contribution >= 0.6 is 0 Å². The van der Waals surface area contributed by atoms with Gasteiger partial charge in [-0.15, -0.1) is 0 Å². The van der Waals surface area contributed by atoms with Gasteiger partial charge < -0.3 is 4.90 Å². The van der Waals surface area contributed by atoms with Gasteiger partial charge in [0.2, 0.25) is 0 Å². The molecule has 0 bridgehead atoms. The lowest BCUT2D eigenvalue weighted by Crippen LogP contribution is -2.49. The maximum atomic E-state index is 11.5. The van der Waals surface area contributed by atoms with Gasteiger partial charge in [0.15, 0.2) is 0 Å². The van der Waals surface area contributed by atoms with Crippen LogP contribution < -0.4 is 0 Å². The molecule has 0 aromatic rings. The lowest BCUT2D eigenvalue weighted by Gasteiger charge is -2.36. The van der Waals surface area contributed by atoms with E-state index in [0.717, 1.165) is 39.1 Å². The average Bonchev–Trinajstić information content (AvgIpc) is 2.35. The van der Waals surface area contributed by atoms with Gasteiger partial charge in [-0.25, -0.2) is 0 Å². The normalized spacial score (nSPS) is 19.5. The highest BCUT2D eigenvalue weighted by molar-refractivity contribution is 7.87. The summed E-state index contributed by atoms with van der Waals surface area (Å²) in [6.07, 6.45) is 0.771. The molecule has 0 spiro atoms. The molecular formula is C13H28N2O3S. The summed E-state index contributed by atoms with van der Waals surface area (Å²) < 4.78 is 27.9. The molecular weight excluding hydrogens is 264 g/mol. The number of hydrogen-bond acceptors (Lipinski definition) is 5. The Bertz CT molecular complexity index is 347. The van der Waals surface area contributed by atoms with Crippen molar-refractivity contribution in [3.05, 3.63) is 0 Å². The van der Waals surface area contributed by atoms with Crippen molar-refractivity contribution in [1.29, 1.82) is 0 Å². The minimum atomic E-state index is -3.35. The monoisotopic (exact) mass is 292 g/mol. The van der Waals surface area contributed by atoms with Crippen LogP contribution in [0.15, 0.2) is 0 Å². The van der Waals surface area contributed by atoms with Crippen molar-refractivity contribution in [1.82, 2.24) is 9.80 Å². The first-order chi connectivity index (χ1) is 8.83. The molecule has 0 aliphatic carbocycles. The Morgan fingerprint density at radius 1 is 1.05 bits per heavy atom. The number of piperazine rings is 1. The maximum Gasteiger partial charge on any atom is 0.269 e. The second kappa shape index (κ2) is 7.57. The van der Waals surface area contributed by atoms with Gasteiger partial charge in [-0.2, -0.15) is 8.42 Å². The molecule has 0 radical (unpaired) electrons. The highest BCUT2D eigenvalue weighted by Crippen LogP contribution is 2.07. The van der Waals surface area contributed by atoms with E-state index >= 15 is 0 Å². The van der Waals surface area contributed by atoms with E-state index in [-0.39, 0.29) is 0 Å². The van der Waals surface area contributed by atoms with E-state index in [0.29, 0.717) is 12.6 Å². The van der Waals surface area contributed by atoms with E-state index in [1.165, 1.54) is 0 Å². The van der Waals surface area contributed by atoms with E-state index in [1.54, 1.807) is 13.8 Å². The fourth-order valence-electron chi connectivity index (χ4n) is 2.10. The highest BCUT2D eigenvalue weighted by atomic mass is 32.2. The molecule has 0 aromatic carbocycles. The van der Waals surface area contributed by atoms with Crippen LogP contribution in [-0.4, -0.2) is 68.8 Å². The summed E-state index contributed by atoms with van der Waals surface area (Å²) in [5, 5.41) is -0.456. The Kier molecular flexibility index (Phi) is 6.73. The van der Waals surface area contributed by atoms with Crippen molar-refractivity contribution in [3.8, 4) is 0 Å². The van der Waals surface area contributed by atoms with Gasteiger partial charge in [0.1, 0.15) is 0 Å². The zero-order valence-corrected chi connectivity index (χ0v) is 13.4. The molecule has 0 N–H and O–H groups in total. The quantitative estimate of drug-likeness (QED) is 0.520. The number of nitrogens with zero attached hydrogens (tertiary/aromatic N) is 2. The molecule has 1 heterocycles. The summed E-state index contributed by atoms with van der Waals surface area (Å²) in [6, 6.07) is 0.613. The van der Waals surface area contributed by atoms with Crippen LogP contribution in [0.5, 0.6) is 0 Å². The molecule has 0 atom stereocenters. The summed E-state index contributed by atoms with van der Waals surface area (Å²) in [4.78, 5) is 4.85. The van der Waals surface area contributed by atoms with Crippen molar-refractivity contribution in [2.75, 3.05) is 39.3 Å². The molecule has 19 heavy (non-hydrogen) atoms. The van der Waals surface area contributed by atoms with Crippen LogP contribution in [0.1, 0.15) is 34.1 Å². The third kappa shape index (κ3) is 5.77. The smallest absolute Gasteiger partial charge is 0.269 e. The Morgan fingerprint density at radius 2 is 1.63 bits per heavy atom. The van der Waals surface area contributed by atoms with Crippen LogP contribution in [0.25, 0.3) is 0 Å². The number of hydrogen-bond donors (Lipinski definition) is 0. The lowest BCUT2D eigenvalue weighted by molar-refractivity contribution is 0.104. The van der Waals surface area contributed by atoms with Crippen molar-refractivity contribution in [2.24, 2.45) is 0 Å². The highest BCUT2D eigenvalue weighted by Gasteiger charge is 2.19. The third-order valence-electron chi connectivity index (χ3n) is 3.58. The minimum Gasteiger partial charge on any atom is -0.301 e. The molecule has 1 fully saturated rings. The summed E-state index contributed by atoms with van der Waals surface area (Å²) in [6.45, 7) is 13.3. The molecule has 6 heteroatoms. The first-order valence-electron chi connectivity index (χ1n) is 7.17. The summed E-state index contributed by atoms with van der Waals surface area (Å²) in [7, 11) is -3.35. The zero-order chi connectivity index (χ0) is 14.5. The molecule has 1 saturated heterocycles. The summed E-state index contributed by atoms with van der Waals surface area (Å²) >= 11 is 0. The van der Waals surface area contributed by atoms with E-state index < -0.39 is 15.4 Å². The lowest BCUT2D eigenvalue weighted by atomic mass is 10.2. The zero-order valence-electron chi connectivity index (χ0n) is 12.6. The molecule has 114 valence electrons. The molecule has 0 aromatic heterocycles. The molecule has 5 nitrogen and oxygen atoms in total. The maximum absolute atomic E-state index is 11.5. The largest absolute Gasteiger partial charge is 0.301 e. The van der Waals surface area contributed by atoms with E-state index in [4.69, 9.17) is 4.18 Å². The molecule has 1 aliphatic heterocycles. The summed E-state index contributed by atoms with van der Waals surface area (Å²) in [5.74, 6) is 0. The van der Waals surface area contributed by atoms with Crippen LogP contribution in [0.3, 0.4) is 0 Å². The number of rotatable bonds is 7. The summed E-state index contributed by atoms with van der Waals surface area (Å²) in [5.41, 5.74) is 0. The molecule has 0 amide bonds. The van der Waals surface area contributed by atoms with E-state index in [9.17, 15) is 8.42 Å². The van der Waals surface area contributed by atoms with E-state index in [1.807, 2.05) is 0 Å². The van der Waals surface area contributed by atoms with Crippen LogP contribution in [-0.2, 0) is 14.3 Å². The van der Waals surface area contributed by atoms with Gasteiger partial charge in [0.25, 0.3) is 10.1 Å².